The summed E-state index contributed by atoms with van der Waals surface area (Å²) in [6, 6.07) is 4.35. The lowest BCUT2D eigenvalue weighted by Crippen LogP contribution is -2.31. The number of hydrogen-bond donors (Lipinski definition) is 2. The van der Waals surface area contributed by atoms with Crippen LogP contribution in [0.15, 0.2) is 35.4 Å². The minimum absolute atomic E-state index is 0.0470. The first-order chi connectivity index (χ1) is 12.3. The van der Waals surface area contributed by atoms with E-state index < -0.39 is 29.3 Å². The summed E-state index contributed by atoms with van der Waals surface area (Å²) in [5.41, 5.74) is 0.235. The lowest BCUT2D eigenvalue weighted by molar-refractivity contribution is -0.118. The number of halogens is 1. The molecule has 0 saturated carbocycles. The monoisotopic (exact) mass is 375 g/mol. The Hall–Kier alpha value is -3.07. The fraction of sp³-hybridized carbons (Fsp3) is 0.176. The zero-order valence-electron chi connectivity index (χ0n) is 13.8. The van der Waals surface area contributed by atoms with E-state index in [9.17, 15) is 23.9 Å². The molecule has 0 spiro atoms. The summed E-state index contributed by atoms with van der Waals surface area (Å²) in [6.45, 7) is 3.06. The van der Waals surface area contributed by atoms with Crippen LogP contribution < -0.4 is 10.9 Å². The van der Waals surface area contributed by atoms with Gasteiger partial charge < -0.3 is 10.4 Å². The predicted octanol–water partition coefficient (Wildman–Crippen LogP) is 2.80. The highest BCUT2D eigenvalue weighted by atomic mass is 32.1. The first-order valence-corrected chi connectivity index (χ1v) is 8.41. The van der Waals surface area contributed by atoms with E-state index >= 15 is 0 Å². The number of carbonyl (C=O) groups excluding carboxylic acids is 1. The molecule has 2 N–H and O–H groups in total. The fourth-order valence-electron chi connectivity index (χ4n) is 2.52. The van der Waals surface area contributed by atoms with Crippen molar-refractivity contribution < 1.29 is 19.1 Å². The molecule has 0 fully saturated rings. The first kappa shape index (κ1) is 17.7. The highest BCUT2D eigenvalue weighted by Gasteiger charge is 2.22. The van der Waals surface area contributed by atoms with Gasteiger partial charge in [0.1, 0.15) is 21.6 Å². The van der Waals surface area contributed by atoms with Gasteiger partial charge in [-0.2, -0.15) is 0 Å². The number of carbonyl (C=O) groups is 2. The number of aromatic nitrogens is 2. The Balaban J connectivity index is 1.96. The molecule has 3 aromatic rings. The molecular formula is C17H14FN3O4S. The summed E-state index contributed by atoms with van der Waals surface area (Å²) in [4.78, 5) is 40.9. The lowest BCUT2D eigenvalue weighted by Gasteiger charge is -2.15. The van der Waals surface area contributed by atoms with Crippen LogP contribution in [0.4, 0.5) is 10.1 Å². The summed E-state index contributed by atoms with van der Waals surface area (Å²) in [5.74, 6) is -2.03. The largest absolute Gasteiger partial charge is 0.477 e. The molecule has 7 nitrogen and oxygen atoms in total. The Kier molecular flexibility index (Phi) is 4.56. The van der Waals surface area contributed by atoms with Crippen LogP contribution in [0.25, 0.3) is 10.2 Å². The van der Waals surface area contributed by atoms with Gasteiger partial charge >= 0.3 is 5.97 Å². The minimum Gasteiger partial charge on any atom is -0.477 e. The standard InChI is InChI=1S/C17H14FN3O4S/c1-8-12-15(26-13(8)17(24)25)19-7-21(16(12)23)9(2)14(22)20-11-5-3-10(18)4-6-11/h3-7,9H,1-2H3,(H,20,22)(H,24,25). The molecule has 0 saturated heterocycles. The molecule has 134 valence electrons. The number of benzene rings is 1. The van der Waals surface area contributed by atoms with E-state index in [4.69, 9.17) is 0 Å². The van der Waals surface area contributed by atoms with Crippen molar-refractivity contribution in [2.75, 3.05) is 5.32 Å². The van der Waals surface area contributed by atoms with Crippen LogP contribution in [0.2, 0.25) is 0 Å². The molecule has 26 heavy (non-hydrogen) atoms. The van der Waals surface area contributed by atoms with Gasteiger partial charge in [-0.15, -0.1) is 11.3 Å². The number of thiophene rings is 1. The number of aromatic carboxylic acids is 1. The van der Waals surface area contributed by atoms with Gasteiger partial charge in [0.25, 0.3) is 5.56 Å². The van der Waals surface area contributed by atoms with E-state index in [1.165, 1.54) is 37.5 Å². The molecule has 0 aliphatic rings. The number of carboxylic acids is 1. The molecule has 1 amide bonds. The van der Waals surface area contributed by atoms with Crippen molar-refractivity contribution in [1.29, 1.82) is 0 Å². The smallest absolute Gasteiger partial charge is 0.346 e. The lowest BCUT2D eigenvalue weighted by atomic mass is 10.2. The summed E-state index contributed by atoms with van der Waals surface area (Å²) in [7, 11) is 0. The number of nitrogens with one attached hydrogen (secondary N) is 1. The van der Waals surface area contributed by atoms with Gasteiger partial charge in [-0.1, -0.05) is 0 Å². The van der Waals surface area contributed by atoms with Crippen molar-refractivity contribution >= 4 is 39.1 Å². The van der Waals surface area contributed by atoms with E-state index in [-0.39, 0.29) is 10.3 Å². The number of carboxylic acid groups (broad SMARTS) is 1. The van der Waals surface area contributed by atoms with Gasteiger partial charge in [0.15, 0.2) is 0 Å². The van der Waals surface area contributed by atoms with Crippen molar-refractivity contribution in [1.82, 2.24) is 9.55 Å². The van der Waals surface area contributed by atoms with Gasteiger partial charge in [0, 0.05) is 5.69 Å². The Morgan fingerprint density at radius 3 is 2.58 bits per heavy atom. The Morgan fingerprint density at radius 1 is 1.31 bits per heavy atom. The van der Waals surface area contributed by atoms with Crippen molar-refractivity contribution in [2.24, 2.45) is 0 Å². The minimum atomic E-state index is -1.13. The molecular weight excluding hydrogens is 361 g/mol. The highest BCUT2D eigenvalue weighted by molar-refractivity contribution is 7.20. The second-order valence-corrected chi connectivity index (χ2v) is 6.67. The van der Waals surface area contributed by atoms with Gasteiger partial charge in [-0.25, -0.2) is 14.2 Å². The maximum absolute atomic E-state index is 12.9. The number of hydrogen-bond acceptors (Lipinski definition) is 5. The van der Waals surface area contributed by atoms with E-state index in [1.807, 2.05) is 0 Å². The Bertz CT molecular complexity index is 1070. The molecule has 3 rings (SSSR count). The number of nitrogens with zero attached hydrogens (tertiary/aromatic N) is 2. The van der Waals surface area contributed by atoms with Crippen LogP contribution in [0.5, 0.6) is 0 Å². The van der Waals surface area contributed by atoms with E-state index in [1.54, 1.807) is 6.92 Å². The van der Waals surface area contributed by atoms with Crippen LogP contribution >= 0.6 is 11.3 Å². The SMILES string of the molecule is Cc1c(C(=O)O)sc2ncn(C(C)C(=O)Nc3ccc(F)cc3)c(=O)c12. The Morgan fingerprint density at radius 2 is 1.96 bits per heavy atom. The normalized spacial score (nSPS) is 12.1. The molecule has 0 aliphatic carbocycles. The molecule has 2 aromatic heterocycles. The first-order valence-electron chi connectivity index (χ1n) is 7.59. The average Bonchev–Trinajstić information content (AvgIpc) is 2.94. The second-order valence-electron chi connectivity index (χ2n) is 5.67. The molecule has 2 heterocycles. The number of fused-ring (bicyclic) bond motifs is 1. The number of amides is 1. The van der Waals surface area contributed by atoms with Gasteiger partial charge in [0.05, 0.1) is 11.7 Å². The number of rotatable bonds is 4. The number of aryl methyl sites for hydroxylation is 1. The molecule has 0 radical (unpaired) electrons. The van der Waals surface area contributed by atoms with Crippen LogP contribution in [-0.2, 0) is 4.79 Å². The van der Waals surface area contributed by atoms with E-state index in [0.717, 1.165) is 15.9 Å². The predicted molar refractivity (Wildman–Crippen MR) is 95.3 cm³/mol. The molecule has 0 bridgehead atoms. The van der Waals surface area contributed by atoms with E-state index in [0.29, 0.717) is 16.1 Å². The van der Waals surface area contributed by atoms with Crippen LogP contribution in [0, 0.1) is 12.7 Å². The Labute approximate surface area is 150 Å². The van der Waals surface area contributed by atoms with Crippen LogP contribution in [-0.4, -0.2) is 26.5 Å². The topological polar surface area (TPSA) is 101 Å². The molecule has 9 heteroatoms. The van der Waals surface area contributed by atoms with Gasteiger partial charge in [-0.05, 0) is 43.7 Å². The summed E-state index contributed by atoms with van der Waals surface area (Å²) >= 11 is 0.919. The van der Waals surface area contributed by atoms with Crippen molar-refractivity contribution in [3.8, 4) is 0 Å². The third-order valence-electron chi connectivity index (χ3n) is 3.98. The molecule has 1 atom stereocenters. The van der Waals surface area contributed by atoms with Crippen LogP contribution in [0.3, 0.4) is 0 Å². The molecule has 1 aromatic carbocycles. The van der Waals surface area contributed by atoms with E-state index in [2.05, 4.69) is 10.3 Å². The third-order valence-corrected chi connectivity index (χ3v) is 5.17. The third kappa shape index (κ3) is 3.08. The van der Waals surface area contributed by atoms with Gasteiger partial charge in [-0.3, -0.25) is 14.2 Å². The highest BCUT2D eigenvalue weighted by Crippen LogP contribution is 2.27. The van der Waals surface area contributed by atoms with Crippen molar-refractivity contribution in [2.45, 2.75) is 19.9 Å². The zero-order chi connectivity index (χ0) is 19.0. The summed E-state index contributed by atoms with van der Waals surface area (Å²) < 4.78 is 14.1. The average molecular weight is 375 g/mol. The van der Waals surface area contributed by atoms with Crippen molar-refractivity contribution in [3.63, 3.8) is 0 Å². The molecule has 0 aliphatic heterocycles. The summed E-state index contributed by atoms with van der Waals surface area (Å²) in [5, 5.41) is 12.0. The zero-order valence-corrected chi connectivity index (χ0v) is 14.6. The summed E-state index contributed by atoms with van der Waals surface area (Å²) in [6.07, 6.45) is 1.22. The maximum atomic E-state index is 12.9. The molecule has 1 unspecified atom stereocenters. The second kappa shape index (κ2) is 6.68. The fourth-order valence-corrected chi connectivity index (χ4v) is 3.50. The maximum Gasteiger partial charge on any atom is 0.346 e. The number of anilines is 1. The quantitative estimate of drug-likeness (QED) is 0.730. The van der Waals surface area contributed by atoms with Gasteiger partial charge in [0.2, 0.25) is 5.91 Å². The van der Waals surface area contributed by atoms with Crippen LogP contribution in [0.1, 0.15) is 28.2 Å². The van der Waals surface area contributed by atoms with Crippen molar-refractivity contribution in [3.05, 3.63) is 57.2 Å².